The van der Waals surface area contributed by atoms with Crippen LogP contribution in [-0.2, 0) is 9.59 Å². The maximum atomic E-state index is 12.7. The molecule has 1 N–H and O–H groups in total. The van der Waals surface area contributed by atoms with Crippen LogP contribution in [0.15, 0.2) is 28.7 Å². The third-order valence-corrected chi connectivity index (χ3v) is 5.13. The maximum absolute atomic E-state index is 12.7. The average molecular weight is 395 g/mol. The van der Waals surface area contributed by atoms with E-state index in [-0.39, 0.29) is 23.8 Å². The van der Waals surface area contributed by atoms with Gasteiger partial charge in [-0.2, -0.15) is 0 Å². The molecule has 2 atom stereocenters. The van der Waals surface area contributed by atoms with E-state index in [0.717, 1.165) is 42.3 Å². The largest absolute Gasteiger partial charge is 0.349 e. The first kappa shape index (κ1) is 19.0. The van der Waals surface area contributed by atoms with Crippen molar-refractivity contribution in [3.63, 3.8) is 0 Å². The second-order valence-electron chi connectivity index (χ2n) is 6.45. The number of nitrogens with zero attached hydrogens (tertiary/aromatic N) is 1. The summed E-state index contributed by atoms with van der Waals surface area (Å²) in [5, 5.41) is 3.17. The summed E-state index contributed by atoms with van der Waals surface area (Å²) in [7, 11) is 0. The van der Waals surface area contributed by atoms with Gasteiger partial charge in [0.25, 0.3) is 0 Å². The topological polar surface area (TPSA) is 49.4 Å². The lowest BCUT2D eigenvalue weighted by Gasteiger charge is -2.33. The van der Waals surface area contributed by atoms with Crippen LogP contribution in [0.1, 0.15) is 57.6 Å². The Morgan fingerprint density at radius 2 is 2.00 bits per heavy atom. The molecule has 1 aromatic carbocycles. The molecule has 1 fully saturated rings. The smallest absolute Gasteiger partial charge is 0.225 e. The number of benzene rings is 1. The van der Waals surface area contributed by atoms with Gasteiger partial charge in [0.2, 0.25) is 11.8 Å². The second-order valence-corrected chi connectivity index (χ2v) is 7.37. The van der Waals surface area contributed by atoms with Crippen LogP contribution >= 0.6 is 15.9 Å². The number of likely N-dealkylation sites (tertiary alicyclic amines) is 1. The molecule has 1 aromatic rings. The van der Waals surface area contributed by atoms with Gasteiger partial charge in [0.05, 0.1) is 12.0 Å². The Bertz CT molecular complexity index is 559. The van der Waals surface area contributed by atoms with Crippen LogP contribution in [0.3, 0.4) is 0 Å². The zero-order chi connectivity index (χ0) is 17.5. The van der Waals surface area contributed by atoms with Crippen LogP contribution < -0.4 is 5.32 Å². The van der Waals surface area contributed by atoms with E-state index < -0.39 is 0 Å². The molecule has 0 spiro atoms. The SMILES string of the molecule is CCCC(=O)N1CCC[C@@H](C(=O)N[C@H](CC)c2ccc(Br)cc2)C1. The van der Waals surface area contributed by atoms with Gasteiger partial charge in [-0.3, -0.25) is 9.59 Å². The highest BCUT2D eigenvalue weighted by molar-refractivity contribution is 9.10. The van der Waals surface area contributed by atoms with Crippen molar-refractivity contribution in [3.8, 4) is 0 Å². The van der Waals surface area contributed by atoms with Gasteiger partial charge in [-0.15, -0.1) is 0 Å². The van der Waals surface area contributed by atoms with Gasteiger partial charge >= 0.3 is 0 Å². The van der Waals surface area contributed by atoms with Crippen molar-refractivity contribution < 1.29 is 9.59 Å². The number of halogens is 1. The molecule has 0 radical (unpaired) electrons. The lowest BCUT2D eigenvalue weighted by Crippen LogP contribution is -2.46. The lowest BCUT2D eigenvalue weighted by atomic mass is 9.95. The monoisotopic (exact) mass is 394 g/mol. The molecule has 2 rings (SSSR count). The summed E-state index contributed by atoms with van der Waals surface area (Å²) in [5.41, 5.74) is 1.11. The normalized spacial score (nSPS) is 19.0. The summed E-state index contributed by atoms with van der Waals surface area (Å²) in [6, 6.07) is 8.09. The summed E-state index contributed by atoms with van der Waals surface area (Å²) in [6.45, 7) is 5.43. The Balaban J connectivity index is 1.97. The first-order chi connectivity index (χ1) is 11.5. The number of hydrogen-bond acceptors (Lipinski definition) is 2. The minimum absolute atomic E-state index is 0.0207. The highest BCUT2D eigenvalue weighted by atomic mass is 79.9. The molecule has 0 aliphatic carbocycles. The second kappa shape index (κ2) is 9.21. The summed E-state index contributed by atoms with van der Waals surface area (Å²) in [5.74, 6) is 0.151. The molecular formula is C19H27BrN2O2. The van der Waals surface area contributed by atoms with Crippen LogP contribution in [0, 0.1) is 5.92 Å². The van der Waals surface area contributed by atoms with Crippen LogP contribution in [0.4, 0.5) is 0 Å². The molecule has 1 heterocycles. The first-order valence-corrected chi connectivity index (χ1v) is 9.68. The van der Waals surface area contributed by atoms with Crippen molar-refractivity contribution >= 4 is 27.7 Å². The van der Waals surface area contributed by atoms with E-state index >= 15 is 0 Å². The Morgan fingerprint density at radius 1 is 1.29 bits per heavy atom. The quantitative estimate of drug-likeness (QED) is 0.790. The predicted molar refractivity (Wildman–Crippen MR) is 99.5 cm³/mol. The maximum Gasteiger partial charge on any atom is 0.225 e. The summed E-state index contributed by atoms with van der Waals surface area (Å²) in [4.78, 5) is 26.6. The fraction of sp³-hybridized carbons (Fsp3) is 0.579. The Hall–Kier alpha value is -1.36. The Morgan fingerprint density at radius 3 is 2.62 bits per heavy atom. The molecule has 24 heavy (non-hydrogen) atoms. The van der Waals surface area contributed by atoms with E-state index in [1.165, 1.54) is 0 Å². The molecule has 0 aromatic heterocycles. The molecule has 0 unspecified atom stereocenters. The standard InChI is InChI=1S/C19H27BrN2O2/c1-3-6-18(23)22-12-5-7-15(13-22)19(24)21-17(4-2)14-8-10-16(20)11-9-14/h8-11,15,17H,3-7,12-13H2,1-2H3,(H,21,24)/t15-,17-/m1/s1. The number of amides is 2. The minimum atomic E-state index is -0.0935. The van der Waals surface area contributed by atoms with Gasteiger partial charge in [-0.25, -0.2) is 0 Å². The van der Waals surface area contributed by atoms with E-state index in [1.54, 1.807) is 0 Å². The van der Waals surface area contributed by atoms with Crippen molar-refractivity contribution in [2.75, 3.05) is 13.1 Å². The van der Waals surface area contributed by atoms with Gasteiger partial charge in [-0.1, -0.05) is 41.9 Å². The van der Waals surface area contributed by atoms with Gasteiger partial charge in [-0.05, 0) is 43.4 Å². The number of carbonyl (C=O) groups excluding carboxylic acids is 2. The van der Waals surface area contributed by atoms with Crippen molar-refractivity contribution in [2.24, 2.45) is 5.92 Å². The fourth-order valence-corrected chi connectivity index (χ4v) is 3.46. The Labute approximate surface area is 153 Å². The minimum Gasteiger partial charge on any atom is -0.349 e. The molecule has 1 saturated heterocycles. The van der Waals surface area contributed by atoms with Crippen molar-refractivity contribution in [2.45, 2.75) is 52.0 Å². The number of piperidine rings is 1. The summed E-state index contributed by atoms with van der Waals surface area (Å²) < 4.78 is 1.03. The van der Waals surface area contributed by atoms with Crippen molar-refractivity contribution in [1.82, 2.24) is 10.2 Å². The molecule has 4 nitrogen and oxygen atoms in total. The van der Waals surface area contributed by atoms with Gasteiger partial charge in [0.15, 0.2) is 0 Å². The zero-order valence-corrected chi connectivity index (χ0v) is 16.1. The lowest BCUT2D eigenvalue weighted by molar-refractivity contribution is -0.136. The molecule has 0 saturated carbocycles. The van der Waals surface area contributed by atoms with E-state index in [1.807, 2.05) is 36.1 Å². The number of hydrogen-bond donors (Lipinski definition) is 1. The summed E-state index contributed by atoms with van der Waals surface area (Å²) in [6.07, 6.45) is 4.04. The molecule has 5 heteroatoms. The van der Waals surface area contributed by atoms with Crippen molar-refractivity contribution in [3.05, 3.63) is 34.3 Å². The third kappa shape index (κ3) is 5.07. The molecule has 2 amide bonds. The van der Waals surface area contributed by atoms with Crippen LogP contribution in [0.2, 0.25) is 0 Å². The fourth-order valence-electron chi connectivity index (χ4n) is 3.20. The third-order valence-electron chi connectivity index (χ3n) is 4.61. The number of nitrogens with one attached hydrogen (secondary N) is 1. The van der Waals surface area contributed by atoms with Crippen molar-refractivity contribution in [1.29, 1.82) is 0 Å². The average Bonchev–Trinajstić information content (AvgIpc) is 2.60. The van der Waals surface area contributed by atoms with Crippen LogP contribution in [-0.4, -0.2) is 29.8 Å². The molecule has 0 bridgehead atoms. The van der Waals surface area contributed by atoms with Gasteiger partial charge in [0, 0.05) is 24.0 Å². The molecular weight excluding hydrogens is 368 g/mol. The van der Waals surface area contributed by atoms with E-state index in [0.29, 0.717) is 13.0 Å². The summed E-state index contributed by atoms with van der Waals surface area (Å²) >= 11 is 3.44. The predicted octanol–water partition coefficient (Wildman–Crippen LogP) is 4.06. The van der Waals surface area contributed by atoms with E-state index in [2.05, 4.69) is 28.2 Å². The first-order valence-electron chi connectivity index (χ1n) is 8.88. The molecule has 1 aliphatic rings. The van der Waals surface area contributed by atoms with Crippen LogP contribution in [0.25, 0.3) is 0 Å². The Kier molecular flexibility index (Phi) is 7.28. The molecule has 132 valence electrons. The zero-order valence-electron chi connectivity index (χ0n) is 14.6. The molecule has 1 aliphatic heterocycles. The highest BCUT2D eigenvalue weighted by Crippen LogP contribution is 2.22. The van der Waals surface area contributed by atoms with Gasteiger partial charge in [0.1, 0.15) is 0 Å². The highest BCUT2D eigenvalue weighted by Gasteiger charge is 2.29. The number of carbonyl (C=O) groups is 2. The van der Waals surface area contributed by atoms with E-state index in [9.17, 15) is 9.59 Å². The van der Waals surface area contributed by atoms with Gasteiger partial charge < -0.3 is 10.2 Å². The van der Waals surface area contributed by atoms with E-state index in [4.69, 9.17) is 0 Å². The number of rotatable bonds is 6. The van der Waals surface area contributed by atoms with Crippen LogP contribution in [0.5, 0.6) is 0 Å².